The molecule has 0 bridgehead atoms. The number of piperidine rings is 1. The highest BCUT2D eigenvalue weighted by Gasteiger charge is 2.17. The van der Waals surface area contributed by atoms with Gasteiger partial charge in [0, 0.05) is 43.2 Å². The monoisotopic (exact) mass is 338 g/mol. The van der Waals surface area contributed by atoms with Crippen LogP contribution >= 0.6 is 0 Å². The third-order valence-corrected chi connectivity index (χ3v) is 4.53. The Hall–Kier alpha value is -2.54. The molecule has 1 aliphatic rings. The van der Waals surface area contributed by atoms with E-state index >= 15 is 0 Å². The van der Waals surface area contributed by atoms with Crippen LogP contribution in [0, 0.1) is 5.92 Å². The first-order valence-electron chi connectivity index (χ1n) is 8.81. The number of rotatable bonds is 5. The molecule has 3 aromatic heterocycles. The number of fused-ring (bicyclic) bond motifs is 1. The SMILES string of the molecule is CCn1cc(-c2cc3nccnc3c(OC[C@H]3CCCNC3)n2)cn1. The van der Waals surface area contributed by atoms with E-state index in [0.717, 1.165) is 36.4 Å². The maximum absolute atomic E-state index is 6.07. The van der Waals surface area contributed by atoms with Gasteiger partial charge in [-0.1, -0.05) is 0 Å². The van der Waals surface area contributed by atoms with Gasteiger partial charge < -0.3 is 10.1 Å². The lowest BCUT2D eigenvalue weighted by molar-refractivity contribution is 0.214. The first-order chi connectivity index (χ1) is 12.3. The van der Waals surface area contributed by atoms with Crippen molar-refractivity contribution in [3.8, 4) is 17.1 Å². The molecule has 1 N–H and O–H groups in total. The molecule has 0 saturated carbocycles. The molecule has 4 heterocycles. The zero-order chi connectivity index (χ0) is 17.1. The second-order valence-corrected chi connectivity index (χ2v) is 6.34. The van der Waals surface area contributed by atoms with Crippen LogP contribution in [0.5, 0.6) is 5.88 Å². The number of hydrogen-bond acceptors (Lipinski definition) is 6. The van der Waals surface area contributed by atoms with E-state index in [1.165, 1.54) is 12.8 Å². The molecule has 0 aromatic carbocycles. The van der Waals surface area contributed by atoms with Gasteiger partial charge in [-0.25, -0.2) is 9.97 Å². The summed E-state index contributed by atoms with van der Waals surface area (Å²) in [5.41, 5.74) is 3.26. The van der Waals surface area contributed by atoms with Gasteiger partial charge in [0.05, 0.1) is 24.0 Å². The highest BCUT2D eigenvalue weighted by Crippen LogP contribution is 2.27. The molecular weight excluding hydrogens is 316 g/mol. The van der Waals surface area contributed by atoms with E-state index in [9.17, 15) is 0 Å². The first-order valence-corrected chi connectivity index (χ1v) is 8.81. The van der Waals surface area contributed by atoms with E-state index in [1.54, 1.807) is 12.4 Å². The lowest BCUT2D eigenvalue weighted by atomic mass is 10.0. The molecule has 1 fully saturated rings. The Morgan fingerprint density at radius 3 is 3.04 bits per heavy atom. The standard InChI is InChI=1S/C18H22N6O/c1-2-24-11-14(10-22-24)15-8-16-17(21-7-6-20-16)18(23-15)25-12-13-4-3-5-19-9-13/h6-8,10-11,13,19H,2-5,9,12H2,1H3/t13-/m0/s1. The van der Waals surface area contributed by atoms with Gasteiger partial charge in [0.25, 0.3) is 0 Å². The minimum atomic E-state index is 0.508. The Morgan fingerprint density at radius 1 is 1.32 bits per heavy atom. The van der Waals surface area contributed by atoms with Crippen LogP contribution in [0.2, 0.25) is 0 Å². The molecule has 0 spiro atoms. The van der Waals surface area contributed by atoms with Gasteiger partial charge in [-0.15, -0.1) is 0 Å². The van der Waals surface area contributed by atoms with E-state index in [1.807, 2.05) is 23.1 Å². The Balaban J connectivity index is 1.65. The summed E-state index contributed by atoms with van der Waals surface area (Å²) in [6.07, 6.45) is 9.55. The van der Waals surface area contributed by atoms with Gasteiger partial charge in [-0.2, -0.15) is 5.10 Å². The molecule has 1 aliphatic heterocycles. The number of nitrogens with one attached hydrogen (secondary N) is 1. The van der Waals surface area contributed by atoms with Crippen LogP contribution in [-0.2, 0) is 6.54 Å². The van der Waals surface area contributed by atoms with Crippen LogP contribution in [-0.4, -0.2) is 44.4 Å². The van der Waals surface area contributed by atoms with Gasteiger partial charge >= 0.3 is 0 Å². The Kier molecular flexibility index (Phi) is 4.56. The molecule has 0 unspecified atom stereocenters. The predicted molar refractivity (Wildman–Crippen MR) is 95.3 cm³/mol. The fourth-order valence-electron chi connectivity index (χ4n) is 3.12. The molecular formula is C18H22N6O. The van der Waals surface area contributed by atoms with Gasteiger partial charge in [-0.3, -0.25) is 9.67 Å². The van der Waals surface area contributed by atoms with Crippen molar-refractivity contribution in [1.82, 2.24) is 30.0 Å². The van der Waals surface area contributed by atoms with Crippen LogP contribution in [0.3, 0.4) is 0 Å². The molecule has 7 heteroatoms. The summed E-state index contributed by atoms with van der Waals surface area (Å²) in [6, 6.07) is 1.94. The zero-order valence-electron chi connectivity index (χ0n) is 14.4. The molecule has 1 saturated heterocycles. The maximum atomic E-state index is 6.07. The number of aryl methyl sites for hydroxylation is 1. The summed E-state index contributed by atoms with van der Waals surface area (Å²) in [5.74, 6) is 1.06. The predicted octanol–water partition coefficient (Wildman–Crippen LogP) is 2.29. The van der Waals surface area contributed by atoms with E-state index in [2.05, 4.69) is 27.3 Å². The summed E-state index contributed by atoms with van der Waals surface area (Å²) < 4.78 is 7.95. The number of ether oxygens (including phenoxy) is 1. The van der Waals surface area contributed by atoms with E-state index in [4.69, 9.17) is 9.72 Å². The van der Waals surface area contributed by atoms with E-state index in [0.29, 0.717) is 23.9 Å². The molecule has 4 rings (SSSR count). The minimum Gasteiger partial charge on any atom is -0.476 e. The van der Waals surface area contributed by atoms with Crippen molar-refractivity contribution in [1.29, 1.82) is 0 Å². The van der Waals surface area contributed by atoms with Crippen LogP contribution in [0.1, 0.15) is 19.8 Å². The van der Waals surface area contributed by atoms with Gasteiger partial charge in [0.1, 0.15) is 0 Å². The summed E-state index contributed by atoms with van der Waals surface area (Å²) in [5, 5.41) is 7.75. The van der Waals surface area contributed by atoms with Gasteiger partial charge in [0.15, 0.2) is 5.52 Å². The largest absolute Gasteiger partial charge is 0.476 e. The summed E-state index contributed by atoms with van der Waals surface area (Å²) >= 11 is 0. The first kappa shape index (κ1) is 16.0. The normalized spacial score (nSPS) is 17.7. The Labute approximate surface area is 146 Å². The lowest BCUT2D eigenvalue weighted by Crippen LogP contribution is -2.33. The molecule has 1 atom stereocenters. The van der Waals surface area contributed by atoms with Crippen molar-refractivity contribution >= 4 is 11.0 Å². The minimum absolute atomic E-state index is 0.508. The molecule has 3 aromatic rings. The average Bonchev–Trinajstić information content (AvgIpc) is 3.16. The van der Waals surface area contributed by atoms with Gasteiger partial charge in [0.2, 0.25) is 5.88 Å². The molecule has 130 valence electrons. The van der Waals surface area contributed by atoms with Crippen LogP contribution in [0.25, 0.3) is 22.3 Å². The van der Waals surface area contributed by atoms with Crippen molar-refractivity contribution in [3.05, 3.63) is 30.9 Å². The number of pyridine rings is 1. The third kappa shape index (κ3) is 3.46. The van der Waals surface area contributed by atoms with Gasteiger partial charge in [-0.05, 0) is 32.4 Å². The summed E-state index contributed by atoms with van der Waals surface area (Å²) in [6.45, 7) is 5.62. The highest BCUT2D eigenvalue weighted by atomic mass is 16.5. The molecule has 0 aliphatic carbocycles. The van der Waals surface area contributed by atoms with Crippen molar-refractivity contribution in [3.63, 3.8) is 0 Å². The third-order valence-electron chi connectivity index (χ3n) is 4.53. The second kappa shape index (κ2) is 7.14. The molecule has 0 radical (unpaired) electrons. The number of nitrogens with zero attached hydrogens (tertiary/aromatic N) is 5. The van der Waals surface area contributed by atoms with Crippen molar-refractivity contribution in [2.45, 2.75) is 26.3 Å². The van der Waals surface area contributed by atoms with Crippen molar-refractivity contribution < 1.29 is 4.74 Å². The molecule has 7 nitrogen and oxygen atoms in total. The fraction of sp³-hybridized carbons (Fsp3) is 0.444. The Morgan fingerprint density at radius 2 is 2.24 bits per heavy atom. The highest BCUT2D eigenvalue weighted by molar-refractivity contribution is 5.83. The maximum Gasteiger partial charge on any atom is 0.242 e. The molecule has 0 amide bonds. The zero-order valence-corrected chi connectivity index (χ0v) is 14.4. The lowest BCUT2D eigenvalue weighted by Gasteiger charge is -2.22. The average molecular weight is 338 g/mol. The van der Waals surface area contributed by atoms with Crippen molar-refractivity contribution in [2.75, 3.05) is 19.7 Å². The van der Waals surface area contributed by atoms with Crippen molar-refractivity contribution in [2.24, 2.45) is 5.92 Å². The Bertz CT molecular complexity index is 856. The van der Waals surface area contributed by atoms with Crippen LogP contribution < -0.4 is 10.1 Å². The van der Waals surface area contributed by atoms with Crippen LogP contribution in [0.4, 0.5) is 0 Å². The summed E-state index contributed by atoms with van der Waals surface area (Å²) in [4.78, 5) is 13.5. The smallest absolute Gasteiger partial charge is 0.242 e. The topological polar surface area (TPSA) is 77.8 Å². The number of hydrogen-bond donors (Lipinski definition) is 1. The van der Waals surface area contributed by atoms with E-state index in [-0.39, 0.29) is 0 Å². The van der Waals surface area contributed by atoms with E-state index < -0.39 is 0 Å². The van der Waals surface area contributed by atoms with Crippen LogP contribution in [0.15, 0.2) is 30.9 Å². The second-order valence-electron chi connectivity index (χ2n) is 6.34. The fourth-order valence-corrected chi connectivity index (χ4v) is 3.12. The summed E-state index contributed by atoms with van der Waals surface area (Å²) in [7, 11) is 0. The number of aromatic nitrogens is 5. The molecule has 25 heavy (non-hydrogen) atoms. The quantitative estimate of drug-likeness (QED) is 0.769.